The summed E-state index contributed by atoms with van der Waals surface area (Å²) in [5.74, 6) is 0. The van der Waals surface area contributed by atoms with Crippen molar-refractivity contribution in [2.75, 3.05) is 6.54 Å². The van der Waals surface area contributed by atoms with Gasteiger partial charge in [-0.2, -0.15) is 0 Å². The molecule has 120 valence electrons. The van der Waals surface area contributed by atoms with E-state index in [1.807, 2.05) is 0 Å². The predicted molar refractivity (Wildman–Crippen MR) is 97.0 cm³/mol. The summed E-state index contributed by atoms with van der Waals surface area (Å²) in [5.41, 5.74) is 2.62. The summed E-state index contributed by atoms with van der Waals surface area (Å²) >= 11 is 6.80. The molecule has 23 heavy (non-hydrogen) atoms. The van der Waals surface area contributed by atoms with Crippen LogP contribution in [0.4, 0.5) is 0 Å². The molecular formula is C20H24ClN2+. The molecule has 0 saturated carbocycles. The molecule has 0 amide bonds. The average Bonchev–Trinajstić information content (AvgIpc) is 2.89. The maximum Gasteiger partial charge on any atom is 0.346 e. The van der Waals surface area contributed by atoms with E-state index in [-0.39, 0.29) is 12.1 Å². The number of hydrogen-bond acceptors (Lipinski definition) is 1. The largest absolute Gasteiger partial charge is 0.346 e. The monoisotopic (exact) mass is 327 g/mol. The summed E-state index contributed by atoms with van der Waals surface area (Å²) in [7, 11) is 0. The highest BCUT2D eigenvalue weighted by atomic mass is 35.5. The summed E-state index contributed by atoms with van der Waals surface area (Å²) in [4.78, 5) is 2.35. The third-order valence-electron chi connectivity index (χ3n) is 4.56. The molecular weight excluding hydrogens is 304 g/mol. The molecule has 0 aromatic heterocycles. The van der Waals surface area contributed by atoms with Crippen LogP contribution < -0.4 is 0 Å². The Bertz CT molecular complexity index is 679. The first-order valence-electron chi connectivity index (χ1n) is 8.32. The van der Waals surface area contributed by atoms with E-state index in [4.69, 9.17) is 11.6 Å². The van der Waals surface area contributed by atoms with Crippen LogP contribution in [0.1, 0.15) is 44.0 Å². The minimum atomic E-state index is 0.228. The first kappa shape index (κ1) is 16.1. The van der Waals surface area contributed by atoms with Crippen molar-refractivity contribution in [3.05, 3.63) is 71.8 Å². The maximum atomic E-state index is 6.80. The smallest absolute Gasteiger partial charge is 0.240 e. The van der Waals surface area contributed by atoms with Crippen molar-refractivity contribution >= 4 is 16.9 Å². The van der Waals surface area contributed by atoms with Crippen LogP contribution in [0.2, 0.25) is 0 Å². The van der Waals surface area contributed by atoms with Crippen LogP contribution in [0, 0.1) is 0 Å². The van der Waals surface area contributed by atoms with Gasteiger partial charge in [0.05, 0.1) is 12.6 Å². The first-order chi connectivity index (χ1) is 11.1. The van der Waals surface area contributed by atoms with Crippen molar-refractivity contribution in [3.63, 3.8) is 0 Å². The van der Waals surface area contributed by atoms with Gasteiger partial charge in [0.15, 0.2) is 12.1 Å². The predicted octanol–water partition coefficient (Wildman–Crippen LogP) is 4.82. The van der Waals surface area contributed by atoms with Gasteiger partial charge < -0.3 is 0 Å². The molecule has 1 aliphatic heterocycles. The van der Waals surface area contributed by atoms with Crippen molar-refractivity contribution in [1.82, 2.24) is 4.90 Å². The van der Waals surface area contributed by atoms with Crippen LogP contribution >= 0.6 is 11.6 Å². The third kappa shape index (κ3) is 2.88. The number of rotatable bonds is 4. The molecule has 3 rings (SSSR count). The zero-order chi connectivity index (χ0) is 16.4. The fourth-order valence-corrected chi connectivity index (χ4v) is 4.09. The van der Waals surface area contributed by atoms with E-state index in [2.05, 4.69) is 90.9 Å². The highest BCUT2D eigenvalue weighted by Crippen LogP contribution is 2.43. The first-order valence-corrected chi connectivity index (χ1v) is 8.70. The normalized spacial score (nSPS) is 21.3. The Labute approximate surface area is 144 Å². The highest BCUT2D eigenvalue weighted by Gasteiger charge is 2.49. The molecule has 0 aliphatic carbocycles. The van der Waals surface area contributed by atoms with Crippen molar-refractivity contribution in [3.8, 4) is 0 Å². The van der Waals surface area contributed by atoms with Crippen LogP contribution in [-0.2, 0) is 0 Å². The summed E-state index contributed by atoms with van der Waals surface area (Å²) in [6, 6.07) is 22.2. The van der Waals surface area contributed by atoms with Gasteiger partial charge in [-0.3, -0.25) is 0 Å². The Kier molecular flexibility index (Phi) is 4.72. The van der Waals surface area contributed by atoms with Crippen LogP contribution in [0.5, 0.6) is 0 Å². The quantitative estimate of drug-likeness (QED) is 0.576. The summed E-state index contributed by atoms with van der Waals surface area (Å²) in [6.07, 6.45) is 0. The van der Waals surface area contributed by atoms with Gasteiger partial charge in [0, 0.05) is 22.7 Å². The fourth-order valence-electron chi connectivity index (χ4n) is 3.57. The van der Waals surface area contributed by atoms with Gasteiger partial charge in [0.25, 0.3) is 0 Å². The fraction of sp³-hybridized carbons (Fsp3) is 0.350. The van der Waals surface area contributed by atoms with Crippen molar-refractivity contribution in [2.24, 2.45) is 0 Å². The molecule has 2 aromatic carbocycles. The molecule has 2 aromatic rings. The molecule has 2 nitrogen and oxygen atoms in total. The number of nitrogens with zero attached hydrogens (tertiary/aromatic N) is 2. The van der Waals surface area contributed by atoms with Gasteiger partial charge >= 0.3 is 5.29 Å². The van der Waals surface area contributed by atoms with Gasteiger partial charge in [-0.05, 0) is 20.8 Å². The summed E-state index contributed by atoms with van der Waals surface area (Å²) in [6.45, 7) is 7.48. The van der Waals surface area contributed by atoms with Crippen LogP contribution in [0.15, 0.2) is 60.7 Å². The Balaban J connectivity index is 2.16. The molecule has 0 N–H and O–H groups in total. The van der Waals surface area contributed by atoms with Gasteiger partial charge in [-0.25, -0.2) is 9.48 Å². The summed E-state index contributed by atoms with van der Waals surface area (Å²) < 4.78 is 2.31. The molecule has 1 aliphatic rings. The van der Waals surface area contributed by atoms with E-state index in [9.17, 15) is 0 Å². The molecule has 2 atom stereocenters. The number of hydrogen-bond donors (Lipinski definition) is 0. The molecule has 1 heterocycles. The number of halogens is 1. The van der Waals surface area contributed by atoms with E-state index in [0.29, 0.717) is 6.04 Å². The average molecular weight is 328 g/mol. The second kappa shape index (κ2) is 6.76. The topological polar surface area (TPSA) is 6.25 Å². The molecule has 3 heteroatoms. The molecule has 0 radical (unpaired) electrons. The number of likely N-dealkylation sites (N-methyl/N-ethyl adjacent to an activating group) is 1. The van der Waals surface area contributed by atoms with E-state index in [0.717, 1.165) is 11.8 Å². The molecule has 0 fully saturated rings. The lowest BCUT2D eigenvalue weighted by Gasteiger charge is -2.26. The van der Waals surface area contributed by atoms with Gasteiger partial charge in [-0.1, -0.05) is 60.7 Å². The Morgan fingerprint density at radius 1 is 0.957 bits per heavy atom. The molecule has 2 unspecified atom stereocenters. The van der Waals surface area contributed by atoms with Crippen LogP contribution in [0.3, 0.4) is 0 Å². The van der Waals surface area contributed by atoms with Crippen LogP contribution in [0.25, 0.3) is 0 Å². The van der Waals surface area contributed by atoms with E-state index < -0.39 is 0 Å². The zero-order valence-corrected chi connectivity index (χ0v) is 14.7. The van der Waals surface area contributed by atoms with Gasteiger partial charge in [0.1, 0.15) is 0 Å². The second-order valence-electron chi connectivity index (χ2n) is 6.27. The molecule has 0 saturated heterocycles. The van der Waals surface area contributed by atoms with Gasteiger partial charge in [-0.15, -0.1) is 0 Å². The zero-order valence-electron chi connectivity index (χ0n) is 14.0. The maximum absolute atomic E-state index is 6.80. The van der Waals surface area contributed by atoms with E-state index >= 15 is 0 Å². The SMILES string of the molecule is CC[N+]1=C(Cl)N(C(C)C)C(c2ccccc2)C1c1ccccc1. The standard InChI is InChI=1S/C20H24ClN2/c1-4-22-18(16-11-7-5-8-12-16)19(17-13-9-6-10-14-17)23(15(2)3)20(22)21/h5-15,18-19H,4H2,1-3H3/q+1. The van der Waals surface area contributed by atoms with Crippen LogP contribution in [-0.4, -0.2) is 27.4 Å². The van der Waals surface area contributed by atoms with Crippen molar-refractivity contribution in [1.29, 1.82) is 0 Å². The minimum Gasteiger partial charge on any atom is -0.240 e. The lowest BCUT2D eigenvalue weighted by atomic mass is 9.92. The second-order valence-corrected chi connectivity index (χ2v) is 6.61. The third-order valence-corrected chi connectivity index (χ3v) is 4.98. The lowest BCUT2D eigenvalue weighted by molar-refractivity contribution is -0.562. The Morgan fingerprint density at radius 3 is 1.96 bits per heavy atom. The highest BCUT2D eigenvalue weighted by molar-refractivity contribution is 6.63. The number of benzene rings is 2. The van der Waals surface area contributed by atoms with Gasteiger partial charge in [0.2, 0.25) is 0 Å². The Morgan fingerprint density at radius 2 is 1.48 bits per heavy atom. The molecule has 0 bridgehead atoms. The van der Waals surface area contributed by atoms with Crippen molar-refractivity contribution < 1.29 is 4.58 Å². The van der Waals surface area contributed by atoms with E-state index in [1.54, 1.807) is 0 Å². The molecule has 0 spiro atoms. The van der Waals surface area contributed by atoms with E-state index in [1.165, 1.54) is 11.1 Å². The summed E-state index contributed by atoms with van der Waals surface area (Å²) in [5, 5.41) is 0.852. The lowest BCUT2D eigenvalue weighted by Crippen LogP contribution is -2.35. The number of amidine groups is 1. The minimum absolute atomic E-state index is 0.228. The van der Waals surface area contributed by atoms with Crippen molar-refractivity contribution in [2.45, 2.75) is 38.9 Å². The Hall–Kier alpha value is -1.80.